The minimum absolute atomic E-state index is 0.0289. The third-order valence-electron chi connectivity index (χ3n) is 2.93. The number of hydrogen-bond acceptors (Lipinski definition) is 3. The number of rotatable bonds is 3. The summed E-state index contributed by atoms with van der Waals surface area (Å²) in [5, 5.41) is 1.70. The monoisotopic (exact) mass is 279 g/mol. The van der Waals surface area contributed by atoms with Gasteiger partial charge in [-0.3, -0.25) is 0 Å². The van der Waals surface area contributed by atoms with Crippen molar-refractivity contribution in [3.63, 3.8) is 0 Å². The fourth-order valence-electron chi connectivity index (χ4n) is 2.19. The van der Waals surface area contributed by atoms with Crippen LogP contribution in [-0.2, 0) is 16.4 Å². The van der Waals surface area contributed by atoms with Crippen LogP contribution in [0.1, 0.15) is 29.8 Å². The van der Waals surface area contributed by atoms with E-state index >= 15 is 0 Å². The Bertz CT molecular complexity index is 469. The first kappa shape index (κ1) is 12.4. The van der Waals surface area contributed by atoms with Crippen LogP contribution in [0.25, 0.3) is 0 Å². The number of alkyl halides is 1. The Hall–Kier alpha value is -0.100. The summed E-state index contributed by atoms with van der Waals surface area (Å²) >= 11 is 7.23. The molecule has 1 aromatic rings. The highest BCUT2D eigenvalue weighted by molar-refractivity contribution is 7.90. The molecule has 2 rings (SSSR count). The third kappa shape index (κ3) is 2.01. The SMILES string of the molecule is CCC1c2ccsc2CCN1S(=O)(=O)CCl. The Balaban J connectivity index is 2.39. The van der Waals surface area contributed by atoms with Crippen molar-refractivity contribution in [3.8, 4) is 0 Å². The van der Waals surface area contributed by atoms with Gasteiger partial charge >= 0.3 is 0 Å². The van der Waals surface area contributed by atoms with Crippen LogP contribution in [0.4, 0.5) is 0 Å². The highest BCUT2D eigenvalue weighted by Crippen LogP contribution is 2.36. The second kappa shape index (κ2) is 4.64. The second-order valence-corrected chi connectivity index (χ2v) is 7.31. The second-order valence-electron chi connectivity index (χ2n) is 3.80. The number of thiophene rings is 1. The summed E-state index contributed by atoms with van der Waals surface area (Å²) in [6.07, 6.45) is 1.60. The van der Waals surface area contributed by atoms with Gasteiger partial charge in [0.05, 0.1) is 6.04 Å². The lowest BCUT2D eigenvalue weighted by Crippen LogP contribution is -2.39. The molecule has 0 radical (unpaired) electrons. The van der Waals surface area contributed by atoms with Crippen molar-refractivity contribution in [1.29, 1.82) is 0 Å². The molecule has 6 heteroatoms. The molecule has 0 N–H and O–H groups in total. The van der Waals surface area contributed by atoms with E-state index in [0.29, 0.717) is 6.54 Å². The molecule has 1 aliphatic heterocycles. The molecule has 0 spiro atoms. The van der Waals surface area contributed by atoms with Gasteiger partial charge in [-0.1, -0.05) is 6.92 Å². The van der Waals surface area contributed by atoms with Gasteiger partial charge in [-0.05, 0) is 29.9 Å². The molecule has 1 atom stereocenters. The molecule has 1 unspecified atom stereocenters. The molecular weight excluding hydrogens is 266 g/mol. The van der Waals surface area contributed by atoms with Gasteiger partial charge in [-0.15, -0.1) is 22.9 Å². The zero-order chi connectivity index (χ0) is 11.8. The molecule has 3 nitrogen and oxygen atoms in total. The summed E-state index contributed by atoms with van der Waals surface area (Å²) < 4.78 is 25.3. The van der Waals surface area contributed by atoms with Crippen molar-refractivity contribution < 1.29 is 8.42 Å². The Morgan fingerprint density at radius 3 is 3.00 bits per heavy atom. The average Bonchev–Trinajstić information content (AvgIpc) is 2.75. The molecule has 0 bridgehead atoms. The van der Waals surface area contributed by atoms with E-state index in [1.165, 1.54) is 4.88 Å². The van der Waals surface area contributed by atoms with Crippen LogP contribution in [0.5, 0.6) is 0 Å². The summed E-state index contributed by atoms with van der Waals surface area (Å²) in [6, 6.07) is 2.00. The summed E-state index contributed by atoms with van der Waals surface area (Å²) in [6.45, 7) is 2.56. The van der Waals surface area contributed by atoms with Gasteiger partial charge in [0.15, 0.2) is 0 Å². The van der Waals surface area contributed by atoms with Crippen molar-refractivity contribution >= 4 is 33.0 Å². The highest BCUT2D eigenvalue weighted by Gasteiger charge is 2.34. The molecule has 16 heavy (non-hydrogen) atoms. The van der Waals surface area contributed by atoms with E-state index in [1.54, 1.807) is 15.6 Å². The summed E-state index contributed by atoms with van der Waals surface area (Å²) in [7, 11) is -3.30. The number of nitrogens with zero attached hydrogens (tertiary/aromatic N) is 1. The minimum Gasteiger partial charge on any atom is -0.211 e. The number of hydrogen-bond donors (Lipinski definition) is 0. The van der Waals surface area contributed by atoms with E-state index < -0.39 is 10.0 Å². The van der Waals surface area contributed by atoms with E-state index in [2.05, 4.69) is 0 Å². The zero-order valence-electron chi connectivity index (χ0n) is 9.02. The van der Waals surface area contributed by atoms with Gasteiger partial charge < -0.3 is 0 Å². The van der Waals surface area contributed by atoms with Gasteiger partial charge in [0.2, 0.25) is 10.0 Å². The van der Waals surface area contributed by atoms with Crippen LogP contribution in [0, 0.1) is 0 Å². The van der Waals surface area contributed by atoms with Crippen molar-refractivity contribution in [3.05, 3.63) is 21.9 Å². The first-order valence-corrected chi connectivity index (χ1v) is 8.24. The lowest BCUT2D eigenvalue weighted by molar-refractivity contribution is 0.305. The van der Waals surface area contributed by atoms with Crippen molar-refractivity contribution in [2.45, 2.75) is 25.8 Å². The number of fused-ring (bicyclic) bond motifs is 1. The summed E-state index contributed by atoms with van der Waals surface area (Å²) in [4.78, 5) is 1.31. The van der Waals surface area contributed by atoms with Crippen molar-refractivity contribution in [2.24, 2.45) is 0 Å². The van der Waals surface area contributed by atoms with Crippen LogP contribution < -0.4 is 0 Å². The lowest BCUT2D eigenvalue weighted by atomic mass is 10.0. The van der Waals surface area contributed by atoms with Crippen molar-refractivity contribution in [1.82, 2.24) is 4.31 Å². The normalized spacial score (nSPS) is 22.0. The fourth-order valence-corrected chi connectivity index (χ4v) is 4.64. The van der Waals surface area contributed by atoms with Crippen LogP contribution in [-0.4, -0.2) is 24.5 Å². The molecular formula is C10H14ClNO2S2. The fraction of sp³-hybridized carbons (Fsp3) is 0.600. The Morgan fingerprint density at radius 2 is 2.38 bits per heavy atom. The summed E-state index contributed by atoms with van der Waals surface area (Å²) in [5.74, 6) is 0. The molecule has 2 heterocycles. The molecule has 0 aliphatic carbocycles. The topological polar surface area (TPSA) is 37.4 Å². The van der Waals surface area contributed by atoms with E-state index in [9.17, 15) is 8.42 Å². The number of halogens is 1. The van der Waals surface area contributed by atoms with E-state index in [0.717, 1.165) is 18.4 Å². The molecule has 0 saturated heterocycles. The van der Waals surface area contributed by atoms with Crippen LogP contribution in [0.3, 0.4) is 0 Å². The Kier molecular flexibility index (Phi) is 3.59. The van der Waals surface area contributed by atoms with E-state index in [1.807, 2.05) is 18.4 Å². The molecule has 90 valence electrons. The van der Waals surface area contributed by atoms with E-state index in [4.69, 9.17) is 11.6 Å². The maximum atomic E-state index is 11.9. The maximum absolute atomic E-state index is 11.9. The predicted octanol–water partition coefficient (Wildman–Crippen LogP) is 2.58. The largest absolute Gasteiger partial charge is 0.228 e. The van der Waals surface area contributed by atoms with Gasteiger partial charge in [0, 0.05) is 11.4 Å². The van der Waals surface area contributed by atoms with Crippen LogP contribution >= 0.6 is 22.9 Å². The smallest absolute Gasteiger partial charge is 0.211 e. The molecule has 0 amide bonds. The predicted molar refractivity (Wildman–Crippen MR) is 67.4 cm³/mol. The quantitative estimate of drug-likeness (QED) is 0.798. The number of sulfonamides is 1. The third-order valence-corrected chi connectivity index (χ3v) is 6.18. The average molecular weight is 280 g/mol. The first-order chi connectivity index (χ1) is 7.60. The van der Waals surface area contributed by atoms with Crippen molar-refractivity contribution in [2.75, 3.05) is 11.8 Å². The Labute approximate surface area is 105 Å². The summed E-state index contributed by atoms with van der Waals surface area (Å²) in [5.41, 5.74) is 1.16. The van der Waals surface area contributed by atoms with Gasteiger partial charge in [-0.25, -0.2) is 8.42 Å². The zero-order valence-corrected chi connectivity index (χ0v) is 11.4. The van der Waals surface area contributed by atoms with E-state index in [-0.39, 0.29) is 11.3 Å². The maximum Gasteiger partial charge on any atom is 0.228 e. The van der Waals surface area contributed by atoms with Gasteiger partial charge in [0.1, 0.15) is 5.21 Å². The molecule has 0 fully saturated rings. The molecule has 1 aliphatic rings. The van der Waals surface area contributed by atoms with Crippen LogP contribution in [0.2, 0.25) is 0 Å². The Morgan fingerprint density at radius 1 is 1.62 bits per heavy atom. The van der Waals surface area contributed by atoms with Gasteiger partial charge in [0.25, 0.3) is 0 Å². The molecule has 0 saturated carbocycles. The first-order valence-electron chi connectivity index (χ1n) is 5.22. The van der Waals surface area contributed by atoms with Gasteiger partial charge in [-0.2, -0.15) is 4.31 Å². The molecule has 0 aromatic carbocycles. The van der Waals surface area contributed by atoms with Crippen LogP contribution in [0.15, 0.2) is 11.4 Å². The standard InChI is InChI=1S/C10H14ClNO2S2/c1-2-9-8-4-6-15-10(8)3-5-12(9)16(13,14)7-11/h4,6,9H,2-3,5,7H2,1H3. The molecule has 1 aromatic heterocycles. The highest BCUT2D eigenvalue weighted by atomic mass is 35.5. The lowest BCUT2D eigenvalue weighted by Gasteiger charge is -2.33. The minimum atomic E-state index is -3.30.